The van der Waals surface area contributed by atoms with Crippen molar-refractivity contribution >= 4 is 22.9 Å². The van der Waals surface area contributed by atoms with E-state index in [2.05, 4.69) is 18.0 Å². The highest BCUT2D eigenvalue weighted by Crippen LogP contribution is 2.35. The maximum Gasteiger partial charge on any atom is 0.0931 e. The fourth-order valence-electron chi connectivity index (χ4n) is 2.01. The largest absolute Gasteiger partial charge is 0.329 e. The van der Waals surface area contributed by atoms with E-state index in [0.29, 0.717) is 6.04 Å². The molecule has 84 valence electrons. The van der Waals surface area contributed by atoms with Crippen molar-refractivity contribution in [1.29, 1.82) is 0 Å². The Morgan fingerprint density at radius 2 is 2.33 bits per heavy atom. The van der Waals surface area contributed by atoms with Crippen molar-refractivity contribution < 1.29 is 0 Å². The van der Waals surface area contributed by atoms with Crippen LogP contribution in [0.1, 0.15) is 17.7 Å². The molecule has 1 aliphatic rings. The third kappa shape index (κ3) is 2.94. The number of hydrogen-bond donors (Lipinski definition) is 1. The summed E-state index contributed by atoms with van der Waals surface area (Å²) in [6.07, 6.45) is 2.69. The average Bonchev–Trinajstić information content (AvgIpc) is 2.93. The van der Waals surface area contributed by atoms with Gasteiger partial charge in [-0.3, -0.25) is 4.90 Å². The molecule has 0 aliphatic heterocycles. The molecule has 0 amide bonds. The third-order valence-electron chi connectivity index (χ3n) is 3.01. The van der Waals surface area contributed by atoms with Crippen molar-refractivity contribution in [2.24, 2.45) is 11.7 Å². The predicted molar refractivity (Wildman–Crippen MR) is 66.4 cm³/mol. The van der Waals surface area contributed by atoms with Crippen molar-refractivity contribution in [3.63, 3.8) is 0 Å². The lowest BCUT2D eigenvalue weighted by atomic mass is 10.1. The van der Waals surface area contributed by atoms with E-state index in [1.807, 2.05) is 6.07 Å². The fourth-order valence-corrected chi connectivity index (χ4v) is 3.16. The molecule has 1 aromatic rings. The van der Waals surface area contributed by atoms with Gasteiger partial charge in [0.25, 0.3) is 0 Å². The van der Waals surface area contributed by atoms with Crippen LogP contribution in [-0.4, -0.2) is 24.5 Å². The van der Waals surface area contributed by atoms with Gasteiger partial charge in [-0.1, -0.05) is 11.6 Å². The number of thiophene rings is 1. The molecule has 0 spiro atoms. The van der Waals surface area contributed by atoms with E-state index in [1.165, 1.54) is 17.7 Å². The maximum absolute atomic E-state index is 5.91. The molecule has 1 aliphatic carbocycles. The first-order valence-corrected chi connectivity index (χ1v) is 6.54. The van der Waals surface area contributed by atoms with Crippen LogP contribution in [0.15, 0.2) is 12.1 Å². The Morgan fingerprint density at radius 1 is 1.60 bits per heavy atom. The topological polar surface area (TPSA) is 29.3 Å². The Bertz CT molecular complexity index is 322. The third-order valence-corrected chi connectivity index (χ3v) is 4.22. The molecule has 0 aromatic carbocycles. The summed E-state index contributed by atoms with van der Waals surface area (Å²) in [5, 5.41) is 0. The molecule has 1 unspecified atom stereocenters. The second-order valence-corrected chi connectivity index (χ2v) is 6.06. The van der Waals surface area contributed by atoms with E-state index < -0.39 is 0 Å². The molecule has 15 heavy (non-hydrogen) atoms. The smallest absolute Gasteiger partial charge is 0.0931 e. The Hall–Kier alpha value is -0.0900. The van der Waals surface area contributed by atoms with Crippen molar-refractivity contribution in [2.45, 2.75) is 25.4 Å². The first-order valence-electron chi connectivity index (χ1n) is 5.35. The van der Waals surface area contributed by atoms with Crippen LogP contribution < -0.4 is 5.73 Å². The predicted octanol–water partition coefficient (Wildman–Crippen LogP) is 2.57. The zero-order valence-electron chi connectivity index (χ0n) is 8.95. The summed E-state index contributed by atoms with van der Waals surface area (Å²) in [4.78, 5) is 3.68. The van der Waals surface area contributed by atoms with Gasteiger partial charge < -0.3 is 5.73 Å². The molecule has 1 atom stereocenters. The molecule has 2 nitrogen and oxygen atoms in total. The Balaban J connectivity index is 1.92. The Morgan fingerprint density at radius 3 is 2.80 bits per heavy atom. The number of halogens is 1. The van der Waals surface area contributed by atoms with Crippen LogP contribution in [-0.2, 0) is 6.54 Å². The molecular weight excluding hydrogens is 228 g/mol. The second-order valence-electron chi connectivity index (χ2n) is 4.26. The minimum Gasteiger partial charge on any atom is -0.329 e. The van der Waals surface area contributed by atoms with Crippen LogP contribution in [0.25, 0.3) is 0 Å². The summed E-state index contributed by atoms with van der Waals surface area (Å²) < 4.78 is 0.870. The zero-order valence-corrected chi connectivity index (χ0v) is 10.5. The van der Waals surface area contributed by atoms with Gasteiger partial charge in [-0.25, -0.2) is 0 Å². The van der Waals surface area contributed by atoms with E-state index in [4.69, 9.17) is 17.3 Å². The minimum absolute atomic E-state index is 0.547. The molecular formula is C11H17ClN2S. The van der Waals surface area contributed by atoms with Gasteiger partial charge in [0, 0.05) is 24.0 Å². The summed E-state index contributed by atoms with van der Waals surface area (Å²) in [7, 11) is 2.16. The van der Waals surface area contributed by atoms with Gasteiger partial charge in [0.15, 0.2) is 0 Å². The fraction of sp³-hybridized carbons (Fsp3) is 0.636. The van der Waals surface area contributed by atoms with Crippen LogP contribution in [0.4, 0.5) is 0 Å². The molecule has 0 bridgehead atoms. The number of nitrogens with zero attached hydrogens (tertiary/aromatic N) is 1. The number of hydrogen-bond acceptors (Lipinski definition) is 3. The SMILES string of the molecule is CN(Cc1ccc(Cl)s1)C(CN)C1CC1. The standard InChI is InChI=1S/C11H17ClN2S/c1-14(10(6-13)8-2-3-8)7-9-4-5-11(12)15-9/h4-5,8,10H,2-3,6-7,13H2,1H3. The van der Waals surface area contributed by atoms with Gasteiger partial charge in [0.1, 0.15) is 0 Å². The van der Waals surface area contributed by atoms with E-state index in [0.717, 1.165) is 23.3 Å². The molecule has 0 radical (unpaired) electrons. The summed E-state index contributed by atoms with van der Waals surface area (Å²) >= 11 is 7.57. The number of rotatable bonds is 5. The lowest BCUT2D eigenvalue weighted by Gasteiger charge is -2.26. The van der Waals surface area contributed by atoms with Crippen molar-refractivity contribution in [3.8, 4) is 0 Å². The number of likely N-dealkylation sites (N-methyl/N-ethyl adjacent to an activating group) is 1. The van der Waals surface area contributed by atoms with Crippen LogP contribution in [0.5, 0.6) is 0 Å². The average molecular weight is 245 g/mol. The van der Waals surface area contributed by atoms with Crippen LogP contribution in [0.3, 0.4) is 0 Å². The van der Waals surface area contributed by atoms with Gasteiger partial charge in [0.05, 0.1) is 4.34 Å². The monoisotopic (exact) mass is 244 g/mol. The van der Waals surface area contributed by atoms with Crippen molar-refractivity contribution in [1.82, 2.24) is 4.90 Å². The highest BCUT2D eigenvalue weighted by molar-refractivity contribution is 7.16. The highest BCUT2D eigenvalue weighted by Gasteiger charge is 2.32. The minimum atomic E-state index is 0.547. The van der Waals surface area contributed by atoms with E-state index in [-0.39, 0.29) is 0 Å². The molecule has 2 rings (SSSR count). The quantitative estimate of drug-likeness (QED) is 0.863. The van der Waals surface area contributed by atoms with Crippen molar-refractivity contribution in [3.05, 3.63) is 21.3 Å². The van der Waals surface area contributed by atoms with Gasteiger partial charge in [-0.2, -0.15) is 0 Å². The van der Waals surface area contributed by atoms with Crippen molar-refractivity contribution in [2.75, 3.05) is 13.6 Å². The van der Waals surface area contributed by atoms with E-state index in [1.54, 1.807) is 11.3 Å². The second kappa shape index (κ2) is 4.83. The molecule has 1 heterocycles. The summed E-state index contributed by atoms with van der Waals surface area (Å²) in [6, 6.07) is 4.61. The van der Waals surface area contributed by atoms with Gasteiger partial charge in [-0.15, -0.1) is 11.3 Å². The normalized spacial score (nSPS) is 18.4. The number of nitrogens with two attached hydrogens (primary N) is 1. The summed E-state index contributed by atoms with van der Waals surface area (Å²) in [6.45, 7) is 1.73. The van der Waals surface area contributed by atoms with Gasteiger partial charge in [-0.05, 0) is 37.9 Å². The first-order chi connectivity index (χ1) is 7.20. The molecule has 2 N–H and O–H groups in total. The molecule has 0 saturated heterocycles. The molecule has 1 fully saturated rings. The first kappa shape index (κ1) is 11.4. The van der Waals surface area contributed by atoms with E-state index >= 15 is 0 Å². The molecule has 1 aromatic heterocycles. The van der Waals surface area contributed by atoms with E-state index in [9.17, 15) is 0 Å². The Kier molecular flexibility index (Phi) is 3.67. The lowest BCUT2D eigenvalue weighted by molar-refractivity contribution is 0.217. The lowest BCUT2D eigenvalue weighted by Crippen LogP contribution is -2.38. The van der Waals surface area contributed by atoms with Gasteiger partial charge >= 0.3 is 0 Å². The van der Waals surface area contributed by atoms with Crippen LogP contribution in [0, 0.1) is 5.92 Å². The van der Waals surface area contributed by atoms with Crippen LogP contribution in [0.2, 0.25) is 4.34 Å². The molecule has 1 saturated carbocycles. The Labute approximate surface area is 100 Å². The summed E-state index contributed by atoms with van der Waals surface area (Å²) in [5.74, 6) is 0.829. The summed E-state index contributed by atoms with van der Waals surface area (Å²) in [5.41, 5.74) is 5.81. The highest BCUT2D eigenvalue weighted by atomic mass is 35.5. The zero-order chi connectivity index (χ0) is 10.8. The van der Waals surface area contributed by atoms with Gasteiger partial charge in [0.2, 0.25) is 0 Å². The maximum atomic E-state index is 5.91. The van der Waals surface area contributed by atoms with Crippen LogP contribution >= 0.6 is 22.9 Å². The molecule has 4 heteroatoms.